The van der Waals surface area contributed by atoms with Crippen LogP contribution in [-0.4, -0.2) is 50.2 Å². The molecule has 2 aromatic rings. The summed E-state index contributed by atoms with van der Waals surface area (Å²) in [5.74, 6) is 0.0956. The molecule has 158 valence electrons. The minimum absolute atomic E-state index is 0.237. The van der Waals surface area contributed by atoms with E-state index in [1.807, 2.05) is 24.3 Å². The van der Waals surface area contributed by atoms with Gasteiger partial charge in [0.05, 0.1) is 20.3 Å². The molecule has 1 amide bonds. The van der Waals surface area contributed by atoms with Gasteiger partial charge in [0.1, 0.15) is 0 Å². The predicted octanol–water partition coefficient (Wildman–Crippen LogP) is 3.10. The van der Waals surface area contributed by atoms with Crippen LogP contribution >= 0.6 is 0 Å². The third kappa shape index (κ3) is 6.43. The molecule has 0 radical (unpaired) electrons. The van der Waals surface area contributed by atoms with Crippen molar-refractivity contribution in [1.82, 2.24) is 4.90 Å². The Morgan fingerprint density at radius 3 is 2.50 bits per heavy atom. The first-order valence-corrected chi connectivity index (χ1v) is 9.78. The van der Waals surface area contributed by atoms with E-state index in [1.165, 1.54) is 25.7 Å². The Hall–Kier alpha value is -3.16. The molecule has 0 aliphatic carbocycles. The first kappa shape index (κ1) is 21.5. The molecule has 0 unspecified atom stereocenters. The van der Waals surface area contributed by atoms with Crippen LogP contribution < -0.4 is 14.8 Å². The first-order valence-electron chi connectivity index (χ1n) is 9.78. The van der Waals surface area contributed by atoms with Crippen LogP contribution in [0, 0.1) is 0 Å². The van der Waals surface area contributed by atoms with Gasteiger partial charge in [0, 0.05) is 38.3 Å². The maximum atomic E-state index is 12.2. The first-order chi connectivity index (χ1) is 14.5. The molecule has 1 saturated heterocycles. The van der Waals surface area contributed by atoms with Gasteiger partial charge < -0.3 is 19.5 Å². The number of carbonyl (C=O) groups is 2. The molecule has 30 heavy (non-hydrogen) atoms. The quantitative estimate of drug-likeness (QED) is 0.429. The van der Waals surface area contributed by atoms with Crippen molar-refractivity contribution in [3.8, 4) is 11.5 Å². The van der Waals surface area contributed by atoms with E-state index in [1.54, 1.807) is 24.3 Å². The second-order valence-electron chi connectivity index (χ2n) is 6.91. The zero-order valence-electron chi connectivity index (χ0n) is 17.2. The maximum absolute atomic E-state index is 12.2. The lowest BCUT2D eigenvalue weighted by atomic mass is 10.1. The second-order valence-corrected chi connectivity index (χ2v) is 6.91. The molecule has 1 aliphatic rings. The molecule has 1 heterocycles. The average Bonchev–Trinajstić information content (AvgIpc) is 2.75. The highest BCUT2D eigenvalue weighted by Gasteiger charge is 2.11. The van der Waals surface area contributed by atoms with Crippen LogP contribution in [0.3, 0.4) is 0 Å². The highest BCUT2D eigenvalue weighted by atomic mass is 16.6. The van der Waals surface area contributed by atoms with Crippen LogP contribution in [0.15, 0.2) is 48.5 Å². The summed E-state index contributed by atoms with van der Waals surface area (Å²) in [6.07, 6.45) is 3.12. The van der Waals surface area contributed by atoms with E-state index in [0.29, 0.717) is 11.5 Å². The van der Waals surface area contributed by atoms with Crippen LogP contribution in [0.5, 0.6) is 11.5 Å². The van der Waals surface area contributed by atoms with Crippen LogP contribution in [0.25, 0.3) is 6.08 Å². The highest BCUT2D eigenvalue weighted by molar-refractivity contribution is 6.01. The molecule has 0 spiro atoms. The lowest BCUT2D eigenvalue weighted by Gasteiger charge is -2.26. The average molecular weight is 410 g/mol. The van der Waals surface area contributed by atoms with Crippen molar-refractivity contribution in [2.75, 3.05) is 38.7 Å². The number of benzene rings is 2. The number of methoxy groups -OCH3 is 1. The predicted molar refractivity (Wildman–Crippen MR) is 115 cm³/mol. The van der Waals surface area contributed by atoms with Crippen LogP contribution in [0.1, 0.15) is 18.1 Å². The number of ether oxygens (including phenoxy) is 3. The van der Waals surface area contributed by atoms with Gasteiger partial charge in [-0.3, -0.25) is 14.5 Å². The number of carbonyl (C=O) groups excluding carboxylic acids is 2. The van der Waals surface area contributed by atoms with E-state index in [0.717, 1.165) is 44.1 Å². The van der Waals surface area contributed by atoms with Gasteiger partial charge in [-0.15, -0.1) is 0 Å². The van der Waals surface area contributed by atoms with Crippen molar-refractivity contribution < 1.29 is 23.8 Å². The van der Waals surface area contributed by atoms with Crippen molar-refractivity contribution in [2.24, 2.45) is 0 Å². The van der Waals surface area contributed by atoms with Crippen molar-refractivity contribution in [2.45, 2.75) is 13.5 Å². The molecule has 1 fully saturated rings. The topological polar surface area (TPSA) is 77.1 Å². The fourth-order valence-corrected chi connectivity index (χ4v) is 3.09. The Morgan fingerprint density at radius 2 is 1.83 bits per heavy atom. The number of hydrogen-bond acceptors (Lipinski definition) is 6. The number of nitrogens with zero attached hydrogens (tertiary/aromatic N) is 1. The minimum atomic E-state index is -0.424. The molecule has 0 atom stereocenters. The van der Waals surface area contributed by atoms with Crippen molar-refractivity contribution >= 4 is 23.6 Å². The van der Waals surface area contributed by atoms with E-state index < -0.39 is 5.97 Å². The number of hydrogen-bond donors (Lipinski definition) is 1. The Labute approximate surface area is 176 Å². The Kier molecular flexibility index (Phi) is 7.59. The summed E-state index contributed by atoms with van der Waals surface area (Å²) in [6, 6.07) is 12.9. The maximum Gasteiger partial charge on any atom is 0.308 e. The zero-order chi connectivity index (χ0) is 21.3. The smallest absolute Gasteiger partial charge is 0.308 e. The van der Waals surface area contributed by atoms with Gasteiger partial charge >= 0.3 is 5.97 Å². The van der Waals surface area contributed by atoms with Crippen molar-refractivity contribution in [3.05, 3.63) is 59.7 Å². The molecular weight excluding hydrogens is 384 g/mol. The molecule has 7 heteroatoms. The van der Waals surface area contributed by atoms with Gasteiger partial charge in [-0.05, 0) is 41.5 Å². The summed E-state index contributed by atoms with van der Waals surface area (Å²) in [4.78, 5) is 25.7. The summed E-state index contributed by atoms with van der Waals surface area (Å²) in [6.45, 7) is 5.64. The Bertz CT molecular complexity index is 902. The lowest BCUT2D eigenvalue weighted by molar-refractivity contribution is -0.132. The van der Waals surface area contributed by atoms with Crippen LogP contribution in [0.2, 0.25) is 0 Å². The molecular formula is C23H26N2O5. The normalized spacial score (nSPS) is 14.5. The van der Waals surface area contributed by atoms with Gasteiger partial charge in [-0.1, -0.05) is 18.2 Å². The number of esters is 1. The molecule has 0 aromatic heterocycles. The van der Waals surface area contributed by atoms with Gasteiger partial charge in [-0.25, -0.2) is 0 Å². The number of anilines is 1. The molecule has 0 saturated carbocycles. The van der Waals surface area contributed by atoms with Crippen LogP contribution in [0.4, 0.5) is 5.69 Å². The Morgan fingerprint density at radius 1 is 1.10 bits per heavy atom. The SMILES string of the molecule is COc1cc(/C=C/C(=O)Nc2ccc(CN3CCOCC3)cc2)ccc1OC(C)=O. The van der Waals surface area contributed by atoms with Gasteiger partial charge in [0.15, 0.2) is 11.5 Å². The highest BCUT2D eigenvalue weighted by Crippen LogP contribution is 2.28. The van der Waals surface area contributed by atoms with Crippen molar-refractivity contribution in [3.63, 3.8) is 0 Å². The van der Waals surface area contributed by atoms with Crippen molar-refractivity contribution in [1.29, 1.82) is 0 Å². The van der Waals surface area contributed by atoms with E-state index in [9.17, 15) is 9.59 Å². The number of morpholine rings is 1. The third-order valence-electron chi connectivity index (χ3n) is 4.60. The Balaban J connectivity index is 1.55. The van der Waals surface area contributed by atoms with E-state index >= 15 is 0 Å². The van der Waals surface area contributed by atoms with Crippen LogP contribution in [-0.2, 0) is 20.9 Å². The van der Waals surface area contributed by atoms with Gasteiger partial charge in [0.25, 0.3) is 0 Å². The van der Waals surface area contributed by atoms with E-state index in [2.05, 4.69) is 10.2 Å². The molecule has 0 bridgehead atoms. The fourth-order valence-electron chi connectivity index (χ4n) is 3.09. The van der Waals surface area contributed by atoms with E-state index in [4.69, 9.17) is 14.2 Å². The minimum Gasteiger partial charge on any atom is -0.493 e. The summed E-state index contributed by atoms with van der Waals surface area (Å²) < 4.78 is 15.7. The molecule has 3 rings (SSSR count). The largest absolute Gasteiger partial charge is 0.493 e. The third-order valence-corrected chi connectivity index (χ3v) is 4.60. The molecule has 7 nitrogen and oxygen atoms in total. The fraction of sp³-hybridized carbons (Fsp3) is 0.304. The number of nitrogens with one attached hydrogen (secondary N) is 1. The summed E-state index contributed by atoms with van der Waals surface area (Å²) in [5, 5.41) is 2.85. The van der Waals surface area contributed by atoms with Gasteiger partial charge in [0.2, 0.25) is 5.91 Å². The summed E-state index contributed by atoms with van der Waals surface area (Å²) in [7, 11) is 1.49. The number of rotatable bonds is 7. The molecule has 2 aromatic carbocycles. The molecule has 1 N–H and O–H groups in total. The standard InChI is InChI=1S/C23H26N2O5/c1-17(26)30-21-9-5-18(15-22(21)28-2)6-10-23(27)24-20-7-3-19(4-8-20)16-25-11-13-29-14-12-25/h3-10,15H,11-14,16H2,1-2H3,(H,24,27)/b10-6+. The lowest BCUT2D eigenvalue weighted by Crippen LogP contribution is -2.35. The monoisotopic (exact) mass is 410 g/mol. The summed E-state index contributed by atoms with van der Waals surface area (Å²) in [5.41, 5.74) is 2.68. The summed E-state index contributed by atoms with van der Waals surface area (Å²) >= 11 is 0. The molecule has 1 aliphatic heterocycles. The second kappa shape index (κ2) is 10.6. The van der Waals surface area contributed by atoms with Gasteiger partial charge in [-0.2, -0.15) is 0 Å². The van der Waals surface area contributed by atoms with E-state index in [-0.39, 0.29) is 5.91 Å². The zero-order valence-corrected chi connectivity index (χ0v) is 17.2. The number of amides is 1.